The van der Waals surface area contributed by atoms with Gasteiger partial charge in [-0.2, -0.15) is 0 Å². The zero-order valence-corrected chi connectivity index (χ0v) is 19.8. The average Bonchev–Trinajstić information content (AvgIpc) is 3.34. The molecule has 1 saturated heterocycles. The maximum absolute atomic E-state index is 12.3. The molecule has 34 heavy (non-hydrogen) atoms. The molecule has 4 aromatic rings. The van der Waals surface area contributed by atoms with Crippen LogP contribution in [-0.4, -0.2) is 65.5 Å². The van der Waals surface area contributed by atoms with Crippen molar-refractivity contribution in [1.82, 2.24) is 24.6 Å². The molecule has 1 fully saturated rings. The Morgan fingerprint density at radius 1 is 1.18 bits per heavy atom. The highest BCUT2D eigenvalue weighted by atomic mass is 35.5. The lowest BCUT2D eigenvalue weighted by atomic mass is 10.1. The third-order valence-electron chi connectivity index (χ3n) is 6.31. The number of hydrogen-bond donors (Lipinski definition) is 3. The summed E-state index contributed by atoms with van der Waals surface area (Å²) in [5, 5.41) is 6.37. The van der Waals surface area contributed by atoms with E-state index >= 15 is 0 Å². The maximum atomic E-state index is 12.3. The van der Waals surface area contributed by atoms with E-state index in [4.69, 9.17) is 11.6 Å². The highest BCUT2D eigenvalue weighted by Gasteiger charge is 2.23. The quantitative estimate of drug-likeness (QED) is 0.407. The van der Waals surface area contributed by atoms with E-state index in [1.165, 1.54) is 0 Å². The third kappa shape index (κ3) is 3.97. The molecule has 0 bridgehead atoms. The van der Waals surface area contributed by atoms with Crippen LogP contribution in [0, 0.1) is 0 Å². The van der Waals surface area contributed by atoms with Crippen LogP contribution < -0.4 is 21.2 Å². The highest BCUT2D eigenvalue weighted by molar-refractivity contribution is 6.34. The first-order valence-corrected chi connectivity index (χ1v) is 11.5. The predicted molar refractivity (Wildman–Crippen MR) is 135 cm³/mol. The Kier molecular flexibility index (Phi) is 5.89. The molecule has 0 spiro atoms. The average molecular weight is 480 g/mol. The number of hydrogen-bond acceptors (Lipinski definition) is 6. The minimum absolute atomic E-state index is 0.167. The van der Waals surface area contributed by atoms with E-state index in [1.54, 1.807) is 23.7 Å². The number of fused-ring (bicyclic) bond motifs is 3. The van der Waals surface area contributed by atoms with Crippen LogP contribution in [-0.2, 0) is 6.54 Å². The highest BCUT2D eigenvalue weighted by Crippen LogP contribution is 2.36. The molecular weight excluding hydrogens is 454 g/mol. The molecule has 0 atom stereocenters. The fourth-order valence-corrected chi connectivity index (χ4v) is 4.93. The molecule has 0 radical (unpaired) electrons. The van der Waals surface area contributed by atoms with E-state index in [2.05, 4.69) is 30.4 Å². The number of halogens is 1. The van der Waals surface area contributed by atoms with Crippen LogP contribution in [0.5, 0.6) is 0 Å². The van der Waals surface area contributed by atoms with Crippen LogP contribution in [0.25, 0.3) is 16.6 Å². The lowest BCUT2D eigenvalue weighted by Gasteiger charge is -2.37. The predicted octanol–water partition coefficient (Wildman–Crippen LogP) is 2.55. The van der Waals surface area contributed by atoms with Gasteiger partial charge in [-0.3, -0.25) is 19.1 Å². The number of aromatic nitrogens is 3. The fraction of sp³-hybridized carbons (Fsp3) is 0.292. The molecule has 1 aliphatic heterocycles. The number of aromatic amines is 1. The zero-order valence-electron chi connectivity index (χ0n) is 19.1. The van der Waals surface area contributed by atoms with E-state index < -0.39 is 0 Å². The molecule has 3 N–H and O–H groups in total. The van der Waals surface area contributed by atoms with Crippen LogP contribution in [0.15, 0.2) is 47.5 Å². The molecule has 5 rings (SSSR count). The first kappa shape index (κ1) is 22.2. The van der Waals surface area contributed by atoms with Crippen molar-refractivity contribution in [1.29, 1.82) is 0 Å². The van der Waals surface area contributed by atoms with Crippen molar-refractivity contribution in [3.05, 3.63) is 69.4 Å². The Labute approximate surface area is 201 Å². The van der Waals surface area contributed by atoms with Gasteiger partial charge in [0.1, 0.15) is 5.52 Å². The summed E-state index contributed by atoms with van der Waals surface area (Å²) in [6, 6.07) is 9.30. The molecule has 176 valence electrons. The van der Waals surface area contributed by atoms with Gasteiger partial charge in [-0.1, -0.05) is 11.6 Å². The van der Waals surface area contributed by atoms with Gasteiger partial charge < -0.3 is 20.5 Å². The van der Waals surface area contributed by atoms with Crippen LogP contribution in [0.4, 0.5) is 11.4 Å². The standard InChI is InChI=1S/C24H26ClN7O2/c1-26-19-12-16(23(33)27-2)11-17(25)22(19)31-8-6-30(7-9-31)14-15-10-18-21(28-13-15)20-4-3-5-32(20)24(34)29-18/h3-5,10-13,26H,6-9,14H2,1-2H3,(H,27,33)(H,29,34). The van der Waals surface area contributed by atoms with Crippen molar-refractivity contribution in [3.63, 3.8) is 0 Å². The van der Waals surface area contributed by atoms with Gasteiger partial charge in [-0.05, 0) is 35.9 Å². The lowest BCUT2D eigenvalue weighted by molar-refractivity contribution is 0.0963. The van der Waals surface area contributed by atoms with E-state index in [-0.39, 0.29) is 11.6 Å². The number of rotatable bonds is 5. The van der Waals surface area contributed by atoms with Crippen molar-refractivity contribution in [3.8, 4) is 0 Å². The van der Waals surface area contributed by atoms with Crippen LogP contribution in [0.1, 0.15) is 15.9 Å². The van der Waals surface area contributed by atoms with E-state index in [1.807, 2.05) is 37.5 Å². The van der Waals surface area contributed by atoms with Gasteiger partial charge >= 0.3 is 5.69 Å². The summed E-state index contributed by atoms with van der Waals surface area (Å²) < 4.78 is 1.57. The van der Waals surface area contributed by atoms with E-state index in [9.17, 15) is 9.59 Å². The first-order chi connectivity index (χ1) is 16.5. The van der Waals surface area contributed by atoms with E-state index in [0.717, 1.165) is 66.2 Å². The molecule has 1 amide bonds. The molecule has 4 heterocycles. The summed E-state index contributed by atoms with van der Waals surface area (Å²) in [6.07, 6.45) is 3.62. The number of carbonyl (C=O) groups is 1. The largest absolute Gasteiger partial charge is 0.386 e. The summed E-state index contributed by atoms with van der Waals surface area (Å²) >= 11 is 6.60. The second kappa shape index (κ2) is 9.00. The first-order valence-electron chi connectivity index (χ1n) is 11.2. The molecule has 9 nitrogen and oxygen atoms in total. The summed E-state index contributed by atoms with van der Waals surface area (Å²) in [6.45, 7) is 4.05. The third-order valence-corrected chi connectivity index (χ3v) is 6.60. The van der Waals surface area contributed by atoms with Crippen LogP contribution >= 0.6 is 11.6 Å². The monoisotopic (exact) mass is 479 g/mol. The van der Waals surface area contributed by atoms with Crippen molar-refractivity contribution in [2.45, 2.75) is 6.54 Å². The SMILES string of the molecule is CNC(=O)c1cc(Cl)c(N2CCN(Cc3cnc4c(c3)[nH]c(=O)n3cccc43)CC2)c(NC)c1. The molecule has 10 heteroatoms. The lowest BCUT2D eigenvalue weighted by Crippen LogP contribution is -2.46. The van der Waals surface area contributed by atoms with E-state index in [0.29, 0.717) is 10.6 Å². The second-order valence-electron chi connectivity index (χ2n) is 8.38. The maximum Gasteiger partial charge on any atom is 0.330 e. The molecule has 0 unspecified atom stereocenters. The summed E-state index contributed by atoms with van der Waals surface area (Å²) in [5.74, 6) is -0.169. The Morgan fingerprint density at radius 2 is 1.97 bits per heavy atom. The van der Waals surface area contributed by atoms with Gasteiger partial charge in [0.05, 0.1) is 27.4 Å². The minimum atomic E-state index is -0.169. The van der Waals surface area contributed by atoms with Gasteiger partial charge in [-0.25, -0.2) is 4.79 Å². The Hall–Kier alpha value is -3.56. The zero-order chi connectivity index (χ0) is 23.8. The number of anilines is 2. The second-order valence-corrected chi connectivity index (χ2v) is 8.79. The summed E-state index contributed by atoms with van der Waals surface area (Å²) in [7, 11) is 3.43. The Balaban J connectivity index is 1.31. The number of amides is 1. The number of nitrogens with zero attached hydrogens (tertiary/aromatic N) is 4. The van der Waals surface area contributed by atoms with Gasteiger partial charge in [0.15, 0.2) is 0 Å². The smallest absolute Gasteiger partial charge is 0.330 e. The number of pyridine rings is 1. The molecule has 3 aromatic heterocycles. The van der Waals surface area contributed by atoms with Crippen molar-refractivity contribution in [2.24, 2.45) is 0 Å². The number of H-pyrrole nitrogens is 1. The normalized spacial score (nSPS) is 14.6. The van der Waals surface area contributed by atoms with Gasteiger partial charge in [-0.15, -0.1) is 0 Å². The number of benzene rings is 1. The molecule has 0 aliphatic carbocycles. The van der Waals surface area contributed by atoms with Gasteiger partial charge in [0, 0.05) is 64.8 Å². The summed E-state index contributed by atoms with van der Waals surface area (Å²) in [4.78, 5) is 36.5. The van der Waals surface area contributed by atoms with Crippen LogP contribution in [0.2, 0.25) is 5.02 Å². The number of nitrogens with one attached hydrogen (secondary N) is 3. The Morgan fingerprint density at radius 3 is 2.71 bits per heavy atom. The number of carbonyl (C=O) groups excluding carboxylic acids is 1. The Bertz CT molecular complexity index is 1440. The topological polar surface area (TPSA) is 97.8 Å². The summed E-state index contributed by atoms with van der Waals surface area (Å²) in [5.41, 5.74) is 5.49. The van der Waals surface area contributed by atoms with Crippen LogP contribution in [0.3, 0.4) is 0 Å². The minimum Gasteiger partial charge on any atom is -0.386 e. The molecular formula is C24H26ClN7O2. The van der Waals surface area contributed by atoms with Crippen molar-refractivity contribution in [2.75, 3.05) is 50.5 Å². The van der Waals surface area contributed by atoms with Gasteiger partial charge in [0.25, 0.3) is 5.91 Å². The fourth-order valence-electron chi connectivity index (χ4n) is 4.59. The molecule has 1 aliphatic rings. The van der Waals surface area contributed by atoms with Gasteiger partial charge in [0.2, 0.25) is 0 Å². The van der Waals surface area contributed by atoms with Crippen molar-refractivity contribution < 1.29 is 4.79 Å². The molecule has 0 saturated carbocycles. The number of piperazine rings is 1. The van der Waals surface area contributed by atoms with Crippen molar-refractivity contribution >= 4 is 45.4 Å². The molecule has 1 aromatic carbocycles.